The monoisotopic (exact) mass is 336 g/mol. The van der Waals surface area contributed by atoms with Crippen LogP contribution < -0.4 is 0 Å². The van der Waals surface area contributed by atoms with Crippen LogP contribution in [0.1, 0.15) is 58.2 Å². The van der Waals surface area contributed by atoms with Crippen molar-refractivity contribution in [2.24, 2.45) is 0 Å². The van der Waals surface area contributed by atoms with Gasteiger partial charge in [0.05, 0.1) is 0 Å². The van der Waals surface area contributed by atoms with E-state index in [1.807, 2.05) is 24.3 Å². The molecule has 0 atom stereocenters. The van der Waals surface area contributed by atoms with Gasteiger partial charge in [0, 0.05) is 16.0 Å². The predicted molar refractivity (Wildman–Crippen MR) is 103 cm³/mol. The molecule has 0 saturated heterocycles. The normalized spacial score (nSPS) is 10.8. The van der Waals surface area contributed by atoms with Gasteiger partial charge in [-0.15, -0.1) is 0 Å². The van der Waals surface area contributed by atoms with Crippen molar-refractivity contribution >= 4 is 34.7 Å². The van der Waals surface area contributed by atoms with Crippen LogP contribution in [0.15, 0.2) is 48.5 Å². The summed E-state index contributed by atoms with van der Waals surface area (Å²) in [5, 5.41) is 0. The molecule has 0 fully saturated rings. The summed E-state index contributed by atoms with van der Waals surface area (Å²) in [5.74, 6) is -0.129. The first-order valence-corrected chi connectivity index (χ1v) is 8.30. The Kier molecular flexibility index (Phi) is 5.93. The first-order valence-electron chi connectivity index (χ1n) is 7.89. The third kappa shape index (κ3) is 4.56. The van der Waals surface area contributed by atoms with Gasteiger partial charge in [0.15, 0.2) is 11.6 Å². The van der Waals surface area contributed by atoms with Crippen molar-refractivity contribution in [2.75, 3.05) is 0 Å². The summed E-state index contributed by atoms with van der Waals surface area (Å²) in [5.41, 5.74) is 4.10. The van der Waals surface area contributed by atoms with E-state index in [0.717, 1.165) is 22.4 Å². The molecule has 2 aromatic carbocycles. The van der Waals surface area contributed by atoms with Crippen LogP contribution in [-0.4, -0.2) is 16.4 Å². The number of allylic oxidation sites excluding steroid dienone is 1. The lowest BCUT2D eigenvalue weighted by atomic mass is 10.0. The van der Waals surface area contributed by atoms with Crippen LogP contribution in [0, 0.1) is 0 Å². The Bertz CT molecular complexity index is 782. The lowest BCUT2D eigenvalue weighted by molar-refractivity contribution is 0.101. The van der Waals surface area contributed by atoms with Crippen LogP contribution >= 0.6 is 12.2 Å². The zero-order valence-corrected chi connectivity index (χ0v) is 14.9. The highest BCUT2D eigenvalue weighted by molar-refractivity contribution is 7.81. The Balaban J connectivity index is 2.28. The standard InChI is InChI=1S/C21H20O2S/c1-4-16-5-8-18(9-6-16)21(24)10-7-17-11-19(14(2)22)13-20(12-17)15(3)23/h5-13H,4H2,1-3H3. The number of carbonyl (C=O) groups excluding carboxylic acids is 2. The summed E-state index contributed by atoms with van der Waals surface area (Å²) in [6.45, 7) is 5.10. The van der Waals surface area contributed by atoms with E-state index < -0.39 is 0 Å². The van der Waals surface area contributed by atoms with Crippen molar-refractivity contribution in [1.29, 1.82) is 0 Å². The lowest BCUT2D eigenvalue weighted by Gasteiger charge is -2.04. The van der Waals surface area contributed by atoms with Crippen molar-refractivity contribution in [2.45, 2.75) is 27.2 Å². The maximum Gasteiger partial charge on any atom is 0.159 e. The third-order valence-corrected chi connectivity index (χ3v) is 4.21. The summed E-state index contributed by atoms with van der Waals surface area (Å²) in [4.78, 5) is 24.0. The van der Waals surface area contributed by atoms with Gasteiger partial charge in [-0.3, -0.25) is 9.59 Å². The molecule has 122 valence electrons. The molecule has 2 aromatic rings. The molecular formula is C21H20O2S. The molecule has 0 unspecified atom stereocenters. The van der Waals surface area contributed by atoms with Crippen LogP contribution in [-0.2, 0) is 6.42 Å². The molecule has 3 heteroatoms. The van der Waals surface area contributed by atoms with Gasteiger partial charge in [0.25, 0.3) is 0 Å². The van der Waals surface area contributed by atoms with Gasteiger partial charge in [-0.25, -0.2) is 0 Å². The number of rotatable bonds is 6. The molecule has 0 bridgehead atoms. The van der Waals surface area contributed by atoms with E-state index in [4.69, 9.17) is 12.2 Å². The molecule has 0 saturated carbocycles. The molecule has 0 amide bonds. The highest BCUT2D eigenvalue weighted by Crippen LogP contribution is 2.15. The molecule has 24 heavy (non-hydrogen) atoms. The quantitative estimate of drug-likeness (QED) is 0.419. The number of benzene rings is 2. The van der Waals surface area contributed by atoms with Gasteiger partial charge in [0.2, 0.25) is 0 Å². The van der Waals surface area contributed by atoms with Gasteiger partial charge < -0.3 is 0 Å². The molecule has 2 nitrogen and oxygen atoms in total. The highest BCUT2D eigenvalue weighted by atomic mass is 32.1. The summed E-state index contributed by atoms with van der Waals surface area (Å²) in [6, 6.07) is 13.3. The van der Waals surface area contributed by atoms with Crippen molar-refractivity contribution in [3.05, 3.63) is 76.4 Å². The van der Waals surface area contributed by atoms with E-state index >= 15 is 0 Å². The van der Waals surface area contributed by atoms with Crippen molar-refractivity contribution in [1.82, 2.24) is 0 Å². The maximum absolute atomic E-state index is 11.6. The van der Waals surface area contributed by atoms with Crippen LogP contribution in [0.3, 0.4) is 0 Å². The van der Waals surface area contributed by atoms with Crippen LogP contribution in [0.25, 0.3) is 6.08 Å². The fraction of sp³-hybridized carbons (Fsp3) is 0.190. The Morgan fingerprint density at radius 1 is 0.917 bits per heavy atom. The minimum Gasteiger partial charge on any atom is -0.295 e. The lowest BCUT2D eigenvalue weighted by Crippen LogP contribution is -1.99. The van der Waals surface area contributed by atoms with Crippen LogP contribution in [0.2, 0.25) is 0 Å². The minimum absolute atomic E-state index is 0.0644. The second-order valence-corrected chi connectivity index (χ2v) is 6.14. The van der Waals surface area contributed by atoms with Crippen molar-refractivity contribution < 1.29 is 9.59 Å². The third-order valence-electron chi connectivity index (χ3n) is 3.84. The zero-order chi connectivity index (χ0) is 17.7. The SMILES string of the molecule is CCc1ccc(C(=S)C=Cc2cc(C(C)=O)cc(C(C)=O)c2)cc1. The largest absolute Gasteiger partial charge is 0.295 e. The molecule has 0 N–H and O–H groups in total. The number of Topliss-reactive ketones (excluding diaryl/α,β-unsaturated/α-hetero) is 2. The van der Waals surface area contributed by atoms with Crippen molar-refractivity contribution in [3.63, 3.8) is 0 Å². The molecule has 0 aromatic heterocycles. The average molecular weight is 336 g/mol. The van der Waals surface area contributed by atoms with E-state index in [1.165, 1.54) is 19.4 Å². The molecule has 0 heterocycles. The second kappa shape index (κ2) is 7.93. The Morgan fingerprint density at radius 3 is 1.92 bits per heavy atom. The number of thiocarbonyl (C=S) groups is 1. The molecule has 2 rings (SSSR count). The highest BCUT2D eigenvalue weighted by Gasteiger charge is 2.07. The summed E-state index contributed by atoms with van der Waals surface area (Å²) >= 11 is 5.45. The average Bonchev–Trinajstić information content (AvgIpc) is 2.59. The fourth-order valence-corrected chi connectivity index (χ4v) is 2.53. The number of hydrogen-bond acceptors (Lipinski definition) is 3. The number of carbonyl (C=O) groups is 2. The van der Waals surface area contributed by atoms with E-state index in [-0.39, 0.29) is 11.6 Å². The summed E-state index contributed by atoms with van der Waals surface area (Å²) < 4.78 is 0. The number of hydrogen-bond donors (Lipinski definition) is 0. The molecule has 0 radical (unpaired) electrons. The molecule has 0 aliphatic carbocycles. The van der Waals surface area contributed by atoms with Crippen molar-refractivity contribution in [3.8, 4) is 0 Å². The molecule has 0 aliphatic heterocycles. The summed E-state index contributed by atoms with van der Waals surface area (Å²) in [6.07, 6.45) is 4.67. The van der Waals surface area contributed by atoms with Crippen LogP contribution in [0.5, 0.6) is 0 Å². The van der Waals surface area contributed by atoms with Gasteiger partial charge in [-0.1, -0.05) is 49.5 Å². The first-order chi connectivity index (χ1) is 11.4. The van der Waals surface area contributed by atoms with E-state index in [9.17, 15) is 9.59 Å². The van der Waals surface area contributed by atoms with Crippen LogP contribution in [0.4, 0.5) is 0 Å². The predicted octanol–water partition coefficient (Wildman–Crippen LogP) is 5.09. The van der Waals surface area contributed by atoms with Gasteiger partial charge in [-0.2, -0.15) is 0 Å². The van der Waals surface area contributed by atoms with E-state index in [0.29, 0.717) is 11.1 Å². The zero-order valence-electron chi connectivity index (χ0n) is 14.1. The number of aryl methyl sites for hydroxylation is 1. The minimum atomic E-state index is -0.0644. The molecule has 0 spiro atoms. The van der Waals surface area contributed by atoms with Gasteiger partial charge in [0.1, 0.15) is 0 Å². The molecular weight excluding hydrogens is 316 g/mol. The van der Waals surface area contributed by atoms with E-state index in [2.05, 4.69) is 19.1 Å². The Morgan fingerprint density at radius 2 is 1.46 bits per heavy atom. The Labute approximate surface area is 148 Å². The molecule has 0 aliphatic rings. The maximum atomic E-state index is 11.6. The first kappa shape index (κ1) is 18.0. The Hall–Kier alpha value is -2.39. The fourth-order valence-electron chi connectivity index (χ4n) is 2.33. The topological polar surface area (TPSA) is 34.1 Å². The number of ketones is 2. The second-order valence-electron chi connectivity index (χ2n) is 5.70. The summed E-state index contributed by atoms with van der Waals surface area (Å²) in [7, 11) is 0. The van der Waals surface area contributed by atoms with E-state index in [1.54, 1.807) is 18.2 Å². The smallest absolute Gasteiger partial charge is 0.159 e. The van der Waals surface area contributed by atoms with Gasteiger partial charge in [-0.05, 0) is 61.2 Å². The van der Waals surface area contributed by atoms with Gasteiger partial charge >= 0.3 is 0 Å².